The first-order valence-corrected chi connectivity index (χ1v) is 7.63. The van der Waals surface area contributed by atoms with Crippen molar-refractivity contribution in [1.29, 1.82) is 0 Å². The Kier molecular flexibility index (Phi) is 7.33. The molecule has 0 aromatic carbocycles. The minimum absolute atomic E-state index is 0.291. The average Bonchev–Trinajstić information content (AvgIpc) is 2.50. The van der Waals surface area contributed by atoms with Gasteiger partial charge in [0.15, 0.2) is 0 Å². The van der Waals surface area contributed by atoms with Gasteiger partial charge in [-0.1, -0.05) is 6.58 Å². The third kappa shape index (κ3) is 4.79. The van der Waals surface area contributed by atoms with Gasteiger partial charge in [0.25, 0.3) is 0 Å². The molecule has 0 aromatic rings. The standard InChI is InChI=1S/C15H15F13O2/c1-7(2)8(29)30-9(3,4)5-6-10(16,17)11(18,19)12(20,21)13(22,23)14(24,25)15(26,27)28/h1,5-6H2,2-4H3. The highest BCUT2D eigenvalue weighted by Crippen LogP contribution is 2.60. The van der Waals surface area contributed by atoms with Crippen LogP contribution in [0.4, 0.5) is 57.1 Å². The van der Waals surface area contributed by atoms with Crippen LogP contribution >= 0.6 is 0 Å². The SMILES string of the molecule is C=C(C)C(=O)OC(C)(C)CCC(F)(F)C(F)(F)C(F)(F)C(F)(F)C(F)(F)C(F)(F)F. The van der Waals surface area contributed by atoms with E-state index in [4.69, 9.17) is 0 Å². The monoisotopic (exact) mass is 474 g/mol. The molecule has 0 heterocycles. The Labute approximate surface area is 161 Å². The third-order valence-corrected chi connectivity index (χ3v) is 3.76. The van der Waals surface area contributed by atoms with Gasteiger partial charge in [-0.2, -0.15) is 57.1 Å². The molecule has 15 heteroatoms. The van der Waals surface area contributed by atoms with Crippen LogP contribution in [-0.4, -0.2) is 47.4 Å². The van der Waals surface area contributed by atoms with Crippen molar-refractivity contribution in [3.05, 3.63) is 12.2 Å². The van der Waals surface area contributed by atoms with Crippen LogP contribution in [0.1, 0.15) is 33.6 Å². The van der Waals surface area contributed by atoms with Gasteiger partial charge in [-0.15, -0.1) is 0 Å². The Hall–Kier alpha value is -1.70. The third-order valence-electron chi connectivity index (χ3n) is 3.76. The zero-order valence-electron chi connectivity index (χ0n) is 15.4. The Balaban J connectivity index is 5.92. The highest BCUT2D eigenvalue weighted by Gasteiger charge is 2.90. The second kappa shape index (κ2) is 7.77. The molecule has 0 N–H and O–H groups in total. The van der Waals surface area contributed by atoms with Crippen molar-refractivity contribution >= 4 is 5.97 Å². The predicted octanol–water partition coefficient (Wildman–Crippen LogP) is 6.40. The normalized spacial score (nSPS) is 15.2. The van der Waals surface area contributed by atoms with Gasteiger partial charge in [-0.25, -0.2) is 4.79 Å². The van der Waals surface area contributed by atoms with Crippen LogP contribution in [-0.2, 0) is 9.53 Å². The van der Waals surface area contributed by atoms with Crippen LogP contribution in [0.5, 0.6) is 0 Å². The lowest BCUT2D eigenvalue weighted by Gasteiger charge is -2.40. The molecule has 0 radical (unpaired) electrons. The lowest BCUT2D eigenvalue weighted by molar-refractivity contribution is -0.440. The zero-order chi connectivity index (χ0) is 24.8. The van der Waals surface area contributed by atoms with E-state index < -0.39 is 60.2 Å². The van der Waals surface area contributed by atoms with E-state index in [1.165, 1.54) is 0 Å². The molecular weight excluding hydrogens is 459 g/mol. The maximum absolute atomic E-state index is 13.7. The Bertz CT molecular complexity index is 662. The van der Waals surface area contributed by atoms with Gasteiger partial charge in [0.2, 0.25) is 0 Å². The molecule has 0 rings (SSSR count). The van der Waals surface area contributed by atoms with E-state index in [2.05, 4.69) is 11.3 Å². The Morgan fingerprint density at radius 3 is 1.40 bits per heavy atom. The van der Waals surface area contributed by atoms with Gasteiger partial charge >= 0.3 is 41.8 Å². The van der Waals surface area contributed by atoms with Crippen molar-refractivity contribution in [2.24, 2.45) is 0 Å². The lowest BCUT2D eigenvalue weighted by Crippen LogP contribution is -2.70. The van der Waals surface area contributed by atoms with E-state index in [1.807, 2.05) is 0 Å². The van der Waals surface area contributed by atoms with Crippen LogP contribution in [0, 0.1) is 0 Å². The summed E-state index contributed by atoms with van der Waals surface area (Å²) in [5.74, 6) is -38.3. The molecule has 0 aliphatic carbocycles. The summed E-state index contributed by atoms with van der Waals surface area (Å²) in [6.45, 7) is 5.84. The molecule has 0 aliphatic rings. The highest BCUT2D eigenvalue weighted by molar-refractivity contribution is 5.87. The van der Waals surface area contributed by atoms with E-state index in [-0.39, 0.29) is 5.57 Å². The van der Waals surface area contributed by atoms with Gasteiger partial charge in [0.05, 0.1) is 0 Å². The summed E-state index contributed by atoms with van der Waals surface area (Å²) in [6, 6.07) is 0. The lowest BCUT2D eigenvalue weighted by atomic mass is 9.89. The van der Waals surface area contributed by atoms with Crippen molar-refractivity contribution in [3.8, 4) is 0 Å². The predicted molar refractivity (Wildman–Crippen MR) is 75.0 cm³/mol. The molecule has 0 aliphatic heterocycles. The minimum atomic E-state index is -7.94. The number of carbonyl (C=O) groups excluding carboxylic acids is 1. The fourth-order valence-electron chi connectivity index (χ4n) is 1.81. The van der Waals surface area contributed by atoms with E-state index in [9.17, 15) is 61.9 Å². The molecule has 0 spiro atoms. The summed E-state index contributed by atoms with van der Waals surface area (Å²) in [4.78, 5) is 11.3. The van der Waals surface area contributed by atoms with Crippen molar-refractivity contribution < 1.29 is 66.6 Å². The summed E-state index contributed by atoms with van der Waals surface area (Å²) in [5.41, 5.74) is -2.37. The summed E-state index contributed by atoms with van der Waals surface area (Å²) in [6.07, 6.45) is -11.3. The number of alkyl halides is 13. The smallest absolute Gasteiger partial charge is 0.456 e. The minimum Gasteiger partial charge on any atom is -0.456 e. The van der Waals surface area contributed by atoms with Crippen molar-refractivity contribution in [2.75, 3.05) is 0 Å². The van der Waals surface area contributed by atoms with Gasteiger partial charge < -0.3 is 4.74 Å². The second-order valence-electron chi connectivity index (χ2n) is 6.93. The number of rotatable bonds is 9. The van der Waals surface area contributed by atoms with Gasteiger partial charge in [0.1, 0.15) is 5.60 Å². The molecule has 0 saturated heterocycles. The molecular formula is C15H15F13O2. The fraction of sp³-hybridized carbons (Fsp3) is 0.800. The molecule has 0 bridgehead atoms. The summed E-state index contributed by atoms with van der Waals surface area (Å²) < 4.78 is 173. The summed E-state index contributed by atoms with van der Waals surface area (Å²) in [5, 5.41) is 0. The van der Waals surface area contributed by atoms with Crippen LogP contribution in [0.15, 0.2) is 12.2 Å². The first kappa shape index (κ1) is 28.3. The Morgan fingerprint density at radius 1 is 0.700 bits per heavy atom. The number of esters is 1. The van der Waals surface area contributed by atoms with Crippen LogP contribution in [0.25, 0.3) is 0 Å². The molecule has 2 nitrogen and oxygen atoms in total. The zero-order valence-corrected chi connectivity index (χ0v) is 15.4. The van der Waals surface area contributed by atoms with Crippen molar-refractivity contribution in [1.82, 2.24) is 0 Å². The molecule has 30 heavy (non-hydrogen) atoms. The quantitative estimate of drug-likeness (QED) is 0.220. The summed E-state index contributed by atoms with van der Waals surface area (Å²) in [7, 11) is 0. The molecule has 0 aromatic heterocycles. The van der Waals surface area contributed by atoms with Gasteiger partial charge in [0, 0.05) is 12.0 Å². The van der Waals surface area contributed by atoms with E-state index >= 15 is 0 Å². The average molecular weight is 474 g/mol. The number of hydrogen-bond donors (Lipinski definition) is 0. The van der Waals surface area contributed by atoms with Crippen LogP contribution in [0.3, 0.4) is 0 Å². The highest BCUT2D eigenvalue weighted by atomic mass is 19.4. The molecule has 0 fully saturated rings. The van der Waals surface area contributed by atoms with Gasteiger partial charge in [-0.3, -0.25) is 0 Å². The largest absolute Gasteiger partial charge is 0.460 e. The number of hydrogen-bond acceptors (Lipinski definition) is 2. The maximum atomic E-state index is 13.7. The van der Waals surface area contributed by atoms with Crippen LogP contribution in [0.2, 0.25) is 0 Å². The van der Waals surface area contributed by atoms with Crippen molar-refractivity contribution in [3.63, 3.8) is 0 Å². The van der Waals surface area contributed by atoms with E-state index in [0.717, 1.165) is 20.8 Å². The molecule has 0 atom stereocenters. The van der Waals surface area contributed by atoms with E-state index in [0.29, 0.717) is 0 Å². The Morgan fingerprint density at radius 2 is 1.07 bits per heavy atom. The van der Waals surface area contributed by atoms with Gasteiger partial charge in [-0.05, 0) is 27.2 Å². The topological polar surface area (TPSA) is 26.3 Å². The van der Waals surface area contributed by atoms with E-state index in [1.54, 1.807) is 0 Å². The number of halogens is 13. The molecule has 0 amide bonds. The molecule has 0 saturated carbocycles. The molecule has 178 valence electrons. The number of carbonyl (C=O) groups is 1. The first-order valence-electron chi connectivity index (χ1n) is 7.63. The van der Waals surface area contributed by atoms with Crippen molar-refractivity contribution in [2.45, 2.75) is 75.0 Å². The fourth-order valence-corrected chi connectivity index (χ4v) is 1.81. The second-order valence-corrected chi connectivity index (χ2v) is 6.93. The first-order chi connectivity index (χ1) is 12.8. The number of ether oxygens (including phenoxy) is 1. The molecule has 0 unspecified atom stereocenters. The maximum Gasteiger partial charge on any atom is 0.460 e. The van der Waals surface area contributed by atoms with Crippen LogP contribution < -0.4 is 0 Å². The summed E-state index contributed by atoms with van der Waals surface area (Å²) >= 11 is 0.